The highest BCUT2D eigenvalue weighted by molar-refractivity contribution is 5.83. The van der Waals surface area contributed by atoms with Gasteiger partial charge in [0.25, 0.3) is 0 Å². The van der Waals surface area contributed by atoms with Gasteiger partial charge < -0.3 is 15.3 Å². The first kappa shape index (κ1) is 13.3. The number of piperazine rings is 1. The number of carboxylic acid groups (broad SMARTS) is 1. The van der Waals surface area contributed by atoms with Gasteiger partial charge in [-0.05, 0) is 25.9 Å². The van der Waals surface area contributed by atoms with Crippen molar-refractivity contribution >= 4 is 11.9 Å². The van der Waals surface area contributed by atoms with Crippen LogP contribution in [0.2, 0.25) is 0 Å². The van der Waals surface area contributed by atoms with Gasteiger partial charge in [-0.15, -0.1) is 0 Å². The molecule has 2 N–H and O–H groups in total. The number of hydrogen-bond acceptors (Lipinski definition) is 4. The van der Waals surface area contributed by atoms with Crippen molar-refractivity contribution in [2.75, 3.05) is 39.3 Å². The standard InChI is InChI=1S/C12H21N3O3/c16-11-9-15(10(8-13-11)12(17)18)7-6-14-4-2-1-3-5-14/h10H,1-9H2,(H,13,16)(H,17,18). The molecule has 0 aliphatic carbocycles. The van der Waals surface area contributed by atoms with E-state index >= 15 is 0 Å². The van der Waals surface area contributed by atoms with Crippen LogP contribution in [-0.4, -0.2) is 72.1 Å². The van der Waals surface area contributed by atoms with E-state index in [0.29, 0.717) is 6.54 Å². The Morgan fingerprint density at radius 3 is 2.67 bits per heavy atom. The van der Waals surface area contributed by atoms with E-state index in [1.807, 2.05) is 0 Å². The minimum atomic E-state index is -0.853. The summed E-state index contributed by atoms with van der Waals surface area (Å²) in [4.78, 5) is 26.6. The number of rotatable bonds is 4. The molecule has 1 amide bonds. The highest BCUT2D eigenvalue weighted by Crippen LogP contribution is 2.10. The molecule has 1 unspecified atom stereocenters. The number of amides is 1. The van der Waals surface area contributed by atoms with Crippen molar-refractivity contribution in [2.24, 2.45) is 0 Å². The summed E-state index contributed by atoms with van der Waals surface area (Å²) in [6.45, 7) is 4.12. The molecule has 2 fully saturated rings. The molecule has 0 bridgehead atoms. The van der Waals surface area contributed by atoms with Crippen LogP contribution in [-0.2, 0) is 9.59 Å². The first-order chi connectivity index (χ1) is 8.66. The summed E-state index contributed by atoms with van der Waals surface area (Å²) in [5.41, 5.74) is 0. The average Bonchev–Trinajstić information content (AvgIpc) is 2.37. The molecule has 6 nitrogen and oxygen atoms in total. The molecule has 0 saturated carbocycles. The van der Waals surface area contributed by atoms with Crippen LogP contribution < -0.4 is 5.32 Å². The molecule has 2 aliphatic heterocycles. The monoisotopic (exact) mass is 255 g/mol. The Balaban J connectivity index is 1.83. The van der Waals surface area contributed by atoms with Crippen LogP contribution in [0.25, 0.3) is 0 Å². The molecule has 1 atom stereocenters. The predicted octanol–water partition coefficient (Wildman–Crippen LogP) is -0.643. The Morgan fingerprint density at radius 1 is 1.28 bits per heavy atom. The van der Waals surface area contributed by atoms with Crippen LogP contribution in [0.3, 0.4) is 0 Å². The van der Waals surface area contributed by atoms with E-state index in [4.69, 9.17) is 5.11 Å². The van der Waals surface area contributed by atoms with Crippen LogP contribution in [0.1, 0.15) is 19.3 Å². The Kier molecular flexibility index (Phi) is 4.54. The second-order valence-electron chi connectivity index (χ2n) is 5.03. The van der Waals surface area contributed by atoms with Gasteiger partial charge in [0.2, 0.25) is 5.91 Å². The minimum Gasteiger partial charge on any atom is -0.480 e. The van der Waals surface area contributed by atoms with Crippen molar-refractivity contribution < 1.29 is 14.7 Å². The SMILES string of the molecule is O=C1CN(CCN2CCCCC2)C(C(=O)O)CN1. The van der Waals surface area contributed by atoms with Gasteiger partial charge >= 0.3 is 5.97 Å². The van der Waals surface area contributed by atoms with Crippen molar-refractivity contribution in [3.05, 3.63) is 0 Å². The van der Waals surface area contributed by atoms with Crippen molar-refractivity contribution in [3.8, 4) is 0 Å². The third-order valence-corrected chi connectivity index (χ3v) is 3.72. The molecule has 0 spiro atoms. The fourth-order valence-electron chi connectivity index (χ4n) is 2.62. The highest BCUT2D eigenvalue weighted by atomic mass is 16.4. The second kappa shape index (κ2) is 6.15. The van der Waals surface area contributed by atoms with Gasteiger partial charge in [-0.2, -0.15) is 0 Å². The smallest absolute Gasteiger partial charge is 0.322 e. The van der Waals surface area contributed by atoms with Gasteiger partial charge in [0, 0.05) is 19.6 Å². The van der Waals surface area contributed by atoms with Crippen molar-refractivity contribution in [2.45, 2.75) is 25.3 Å². The van der Waals surface area contributed by atoms with Crippen LogP contribution >= 0.6 is 0 Å². The summed E-state index contributed by atoms with van der Waals surface area (Å²) in [5, 5.41) is 11.7. The molecule has 2 aliphatic rings. The average molecular weight is 255 g/mol. The van der Waals surface area contributed by atoms with Crippen LogP contribution in [0, 0.1) is 0 Å². The summed E-state index contributed by atoms with van der Waals surface area (Å²) in [5.74, 6) is -0.931. The van der Waals surface area contributed by atoms with E-state index in [9.17, 15) is 9.59 Å². The number of likely N-dealkylation sites (tertiary alicyclic amines) is 1. The maximum absolute atomic E-state index is 11.3. The van der Waals surface area contributed by atoms with Gasteiger partial charge in [-0.25, -0.2) is 0 Å². The third kappa shape index (κ3) is 3.43. The topological polar surface area (TPSA) is 72.9 Å². The van der Waals surface area contributed by atoms with Gasteiger partial charge in [-0.1, -0.05) is 6.42 Å². The quantitative estimate of drug-likeness (QED) is 0.699. The number of hydrogen-bond donors (Lipinski definition) is 2. The molecule has 0 radical (unpaired) electrons. The number of nitrogens with one attached hydrogen (secondary N) is 1. The molecule has 0 aromatic heterocycles. The van der Waals surface area contributed by atoms with E-state index in [-0.39, 0.29) is 19.0 Å². The summed E-state index contributed by atoms with van der Waals surface area (Å²) in [7, 11) is 0. The lowest BCUT2D eigenvalue weighted by molar-refractivity contribution is -0.146. The summed E-state index contributed by atoms with van der Waals surface area (Å²) >= 11 is 0. The first-order valence-corrected chi connectivity index (χ1v) is 6.63. The lowest BCUT2D eigenvalue weighted by Crippen LogP contribution is -2.58. The summed E-state index contributed by atoms with van der Waals surface area (Å²) in [6.07, 6.45) is 3.74. The summed E-state index contributed by atoms with van der Waals surface area (Å²) < 4.78 is 0. The third-order valence-electron chi connectivity index (χ3n) is 3.72. The molecule has 2 rings (SSSR count). The number of carboxylic acids is 1. The van der Waals surface area contributed by atoms with E-state index in [2.05, 4.69) is 10.2 Å². The van der Waals surface area contributed by atoms with Crippen molar-refractivity contribution in [1.82, 2.24) is 15.1 Å². The fourth-order valence-corrected chi connectivity index (χ4v) is 2.62. The Bertz CT molecular complexity index is 316. The second-order valence-corrected chi connectivity index (χ2v) is 5.03. The maximum Gasteiger partial charge on any atom is 0.322 e. The largest absolute Gasteiger partial charge is 0.480 e. The zero-order valence-corrected chi connectivity index (χ0v) is 10.6. The van der Waals surface area contributed by atoms with E-state index < -0.39 is 12.0 Å². The predicted molar refractivity (Wildman–Crippen MR) is 66.3 cm³/mol. The zero-order chi connectivity index (χ0) is 13.0. The molecule has 18 heavy (non-hydrogen) atoms. The number of carbonyl (C=O) groups is 2. The van der Waals surface area contributed by atoms with Crippen molar-refractivity contribution in [1.29, 1.82) is 0 Å². The Hall–Kier alpha value is -1.14. The van der Waals surface area contributed by atoms with Crippen LogP contribution in [0.4, 0.5) is 0 Å². The maximum atomic E-state index is 11.3. The molecule has 2 heterocycles. The summed E-state index contributed by atoms with van der Waals surface area (Å²) in [6, 6.07) is -0.576. The fraction of sp³-hybridized carbons (Fsp3) is 0.833. The molecule has 0 aromatic rings. The number of aliphatic carboxylic acids is 1. The first-order valence-electron chi connectivity index (χ1n) is 6.63. The van der Waals surface area contributed by atoms with Crippen LogP contribution in [0.15, 0.2) is 0 Å². The normalized spacial score (nSPS) is 26.9. The molecular formula is C12H21N3O3. The zero-order valence-electron chi connectivity index (χ0n) is 10.6. The number of carbonyl (C=O) groups excluding carboxylic acids is 1. The number of nitrogens with zero attached hydrogens (tertiary/aromatic N) is 2. The molecule has 6 heteroatoms. The lowest BCUT2D eigenvalue weighted by Gasteiger charge is -2.35. The van der Waals surface area contributed by atoms with Gasteiger partial charge in [0.1, 0.15) is 6.04 Å². The highest BCUT2D eigenvalue weighted by Gasteiger charge is 2.31. The van der Waals surface area contributed by atoms with Gasteiger partial charge in [0.15, 0.2) is 0 Å². The van der Waals surface area contributed by atoms with E-state index in [1.54, 1.807) is 4.90 Å². The molecule has 102 valence electrons. The lowest BCUT2D eigenvalue weighted by atomic mass is 10.1. The minimum absolute atomic E-state index is 0.0776. The van der Waals surface area contributed by atoms with E-state index in [0.717, 1.165) is 19.6 Å². The van der Waals surface area contributed by atoms with Crippen molar-refractivity contribution in [3.63, 3.8) is 0 Å². The van der Waals surface area contributed by atoms with Gasteiger partial charge in [-0.3, -0.25) is 14.5 Å². The van der Waals surface area contributed by atoms with Crippen LogP contribution in [0.5, 0.6) is 0 Å². The van der Waals surface area contributed by atoms with E-state index in [1.165, 1.54) is 19.3 Å². The van der Waals surface area contributed by atoms with Gasteiger partial charge in [0.05, 0.1) is 6.54 Å². The Morgan fingerprint density at radius 2 is 2.00 bits per heavy atom. The Labute approximate surface area is 107 Å². The number of piperidine rings is 1. The molecule has 2 saturated heterocycles. The molecular weight excluding hydrogens is 234 g/mol. The molecule has 0 aromatic carbocycles.